The monoisotopic (exact) mass is 468 g/mol. The van der Waals surface area contributed by atoms with Crippen molar-refractivity contribution in [3.05, 3.63) is 64.0 Å². The van der Waals surface area contributed by atoms with Gasteiger partial charge in [-0.05, 0) is 42.6 Å². The first-order valence-electron chi connectivity index (χ1n) is 11.3. The van der Waals surface area contributed by atoms with Crippen LogP contribution in [0.5, 0.6) is 5.75 Å². The molecule has 2 N–H and O–H groups in total. The molecule has 1 fully saturated rings. The number of thioether (sulfide) groups is 1. The summed E-state index contributed by atoms with van der Waals surface area (Å²) in [6, 6.07) is 8.55. The summed E-state index contributed by atoms with van der Waals surface area (Å²) in [5.74, 6) is 1.10. The zero-order chi connectivity index (χ0) is 22.5. The second kappa shape index (κ2) is 8.39. The van der Waals surface area contributed by atoms with Crippen molar-refractivity contribution in [2.45, 2.75) is 42.5 Å². The first-order chi connectivity index (χ1) is 16.1. The highest BCUT2D eigenvalue weighted by molar-refractivity contribution is 7.99. The van der Waals surface area contributed by atoms with Crippen molar-refractivity contribution in [2.24, 2.45) is 0 Å². The van der Waals surface area contributed by atoms with E-state index in [1.807, 2.05) is 6.07 Å². The maximum atomic E-state index is 14.8. The van der Waals surface area contributed by atoms with Crippen molar-refractivity contribution < 1.29 is 14.2 Å². The number of aromatic nitrogens is 2. The molecule has 0 radical (unpaired) electrons. The number of fused-ring (bicyclic) bond motifs is 1. The number of piperidine rings is 1. The van der Waals surface area contributed by atoms with Gasteiger partial charge in [0.05, 0.1) is 28.4 Å². The Kier molecular flexibility index (Phi) is 5.37. The minimum absolute atomic E-state index is 0.0243. The fourth-order valence-electron chi connectivity index (χ4n) is 5.32. The number of benzene rings is 1. The van der Waals surface area contributed by atoms with Crippen LogP contribution in [0.25, 0.3) is 10.9 Å². The van der Waals surface area contributed by atoms with Crippen LogP contribution in [0.2, 0.25) is 0 Å². The lowest BCUT2D eigenvalue weighted by molar-refractivity contribution is 0.0367. The fourth-order valence-corrected chi connectivity index (χ4v) is 6.10. The Labute approximate surface area is 194 Å². The van der Waals surface area contributed by atoms with Crippen LogP contribution < -0.4 is 15.6 Å². The Morgan fingerprint density at radius 3 is 3.03 bits per heavy atom. The Morgan fingerprint density at radius 1 is 1.27 bits per heavy atom. The molecule has 7 nitrogen and oxygen atoms in total. The first kappa shape index (κ1) is 21.1. The Hall–Kier alpha value is -2.46. The smallest absolute Gasteiger partial charge is 0.251 e. The summed E-state index contributed by atoms with van der Waals surface area (Å²) in [5.41, 5.74) is 2.18. The Bertz CT molecular complexity index is 1280. The number of nitrogens with one attached hydrogen (secondary N) is 1. The van der Waals surface area contributed by atoms with Crippen LogP contribution in [0.3, 0.4) is 0 Å². The van der Waals surface area contributed by atoms with Crippen molar-refractivity contribution in [3.8, 4) is 5.75 Å². The normalized spacial score (nSPS) is 24.2. The van der Waals surface area contributed by atoms with Crippen molar-refractivity contribution >= 4 is 22.7 Å². The quantitative estimate of drug-likeness (QED) is 0.595. The number of rotatable bonds is 5. The minimum atomic E-state index is -0.530. The SMILES string of the molecule is O=c1ccc2ccc(F)c3c2n1CC3CN1CC[C@H](NCc2cc3c(cn2)OCS3)[C@H](O)C1. The van der Waals surface area contributed by atoms with Crippen LogP contribution in [-0.2, 0) is 13.1 Å². The van der Waals surface area contributed by atoms with Crippen LogP contribution >= 0.6 is 11.8 Å². The molecule has 2 aromatic heterocycles. The molecule has 0 amide bonds. The number of β-amino-alcohol motifs (C(OH)–C–C–N with tert-alkyl or cyclic N) is 1. The van der Waals surface area contributed by atoms with E-state index in [2.05, 4.69) is 15.2 Å². The van der Waals surface area contributed by atoms with E-state index in [1.165, 1.54) is 6.07 Å². The summed E-state index contributed by atoms with van der Waals surface area (Å²) in [6.07, 6.45) is 2.02. The van der Waals surface area contributed by atoms with E-state index in [0.29, 0.717) is 37.7 Å². The summed E-state index contributed by atoms with van der Waals surface area (Å²) >= 11 is 1.66. The van der Waals surface area contributed by atoms with Gasteiger partial charge >= 0.3 is 0 Å². The van der Waals surface area contributed by atoms with E-state index in [9.17, 15) is 14.3 Å². The Balaban J connectivity index is 1.10. The highest BCUT2D eigenvalue weighted by Crippen LogP contribution is 2.36. The third kappa shape index (κ3) is 3.82. The maximum Gasteiger partial charge on any atom is 0.251 e. The van der Waals surface area contributed by atoms with Gasteiger partial charge in [0.15, 0.2) is 5.75 Å². The number of aliphatic hydroxyl groups excluding tert-OH is 1. The number of nitrogens with zero attached hydrogens (tertiary/aromatic N) is 3. The van der Waals surface area contributed by atoms with Crippen molar-refractivity contribution in [3.63, 3.8) is 0 Å². The van der Waals surface area contributed by atoms with Gasteiger partial charge in [-0.3, -0.25) is 14.7 Å². The summed E-state index contributed by atoms with van der Waals surface area (Å²) in [4.78, 5) is 20.1. The van der Waals surface area contributed by atoms with Gasteiger partial charge in [0, 0.05) is 49.8 Å². The number of ether oxygens (including phenoxy) is 1. The molecule has 0 aliphatic carbocycles. The molecule has 0 bridgehead atoms. The standard InChI is InChI=1S/C24H25FN4O3S/c25-17-3-1-14-2-4-22(31)29-11-15(23(17)24(14)29)10-28-6-5-18(19(30)12-28)27-8-16-7-21-20(9-26-16)32-13-33-21/h1-4,7,9,15,18-19,27,30H,5-6,8,10-13H2/t15?,18-,19+/m0/s1. The molecule has 5 heterocycles. The number of pyridine rings is 2. The molecule has 6 rings (SSSR count). The lowest BCUT2D eigenvalue weighted by Crippen LogP contribution is -2.53. The van der Waals surface area contributed by atoms with Gasteiger partial charge in [0.2, 0.25) is 0 Å². The third-order valence-electron chi connectivity index (χ3n) is 6.95. The van der Waals surface area contributed by atoms with Gasteiger partial charge in [0.1, 0.15) is 11.8 Å². The number of hydrogen-bond donors (Lipinski definition) is 2. The summed E-state index contributed by atoms with van der Waals surface area (Å²) in [5, 5.41) is 15.1. The molecule has 1 saturated heterocycles. The van der Waals surface area contributed by atoms with E-state index in [0.717, 1.165) is 40.2 Å². The van der Waals surface area contributed by atoms with E-state index in [1.54, 1.807) is 40.7 Å². The fraction of sp³-hybridized carbons (Fsp3) is 0.417. The molecule has 0 spiro atoms. The van der Waals surface area contributed by atoms with Gasteiger partial charge in [-0.25, -0.2) is 4.39 Å². The van der Waals surface area contributed by atoms with Crippen molar-refractivity contribution in [2.75, 3.05) is 25.6 Å². The molecule has 3 aliphatic rings. The second-order valence-electron chi connectivity index (χ2n) is 9.01. The van der Waals surface area contributed by atoms with Gasteiger partial charge in [-0.1, -0.05) is 11.8 Å². The van der Waals surface area contributed by atoms with Gasteiger partial charge < -0.3 is 19.7 Å². The largest absolute Gasteiger partial charge is 0.480 e. The summed E-state index contributed by atoms with van der Waals surface area (Å²) < 4.78 is 21.9. The van der Waals surface area contributed by atoms with E-state index >= 15 is 0 Å². The molecule has 9 heteroatoms. The molecule has 0 saturated carbocycles. The molecule has 3 aliphatic heterocycles. The maximum absolute atomic E-state index is 14.8. The van der Waals surface area contributed by atoms with Crippen LogP contribution in [0.1, 0.15) is 23.6 Å². The first-order valence-corrected chi connectivity index (χ1v) is 12.3. The third-order valence-corrected chi connectivity index (χ3v) is 7.82. The van der Waals surface area contributed by atoms with E-state index in [-0.39, 0.29) is 23.3 Å². The van der Waals surface area contributed by atoms with E-state index in [4.69, 9.17) is 4.74 Å². The summed E-state index contributed by atoms with van der Waals surface area (Å²) in [7, 11) is 0. The van der Waals surface area contributed by atoms with Crippen LogP contribution in [-0.4, -0.2) is 57.3 Å². The Morgan fingerprint density at radius 2 is 2.15 bits per heavy atom. The molecule has 33 heavy (non-hydrogen) atoms. The number of halogens is 1. The highest BCUT2D eigenvalue weighted by atomic mass is 32.2. The van der Waals surface area contributed by atoms with Crippen LogP contribution in [0.4, 0.5) is 4.39 Å². The topological polar surface area (TPSA) is 79.6 Å². The van der Waals surface area contributed by atoms with Crippen LogP contribution in [0.15, 0.2) is 46.2 Å². The predicted octanol–water partition coefficient (Wildman–Crippen LogP) is 2.30. The van der Waals surface area contributed by atoms with Crippen molar-refractivity contribution in [1.29, 1.82) is 0 Å². The molecule has 3 atom stereocenters. The van der Waals surface area contributed by atoms with Gasteiger partial charge in [-0.15, -0.1) is 0 Å². The van der Waals surface area contributed by atoms with E-state index < -0.39 is 6.10 Å². The lowest BCUT2D eigenvalue weighted by Gasteiger charge is -2.37. The minimum Gasteiger partial charge on any atom is -0.480 e. The van der Waals surface area contributed by atoms with Gasteiger partial charge in [0.25, 0.3) is 5.56 Å². The molecule has 3 aromatic rings. The molecule has 1 aromatic carbocycles. The zero-order valence-corrected chi connectivity index (χ0v) is 18.9. The predicted molar refractivity (Wildman–Crippen MR) is 124 cm³/mol. The molecular weight excluding hydrogens is 443 g/mol. The second-order valence-corrected chi connectivity index (χ2v) is 9.97. The van der Waals surface area contributed by atoms with Gasteiger partial charge in [-0.2, -0.15) is 0 Å². The van der Waals surface area contributed by atoms with Crippen molar-refractivity contribution in [1.82, 2.24) is 19.8 Å². The number of hydrogen-bond acceptors (Lipinski definition) is 7. The average molecular weight is 469 g/mol. The number of aliphatic hydroxyl groups is 1. The average Bonchev–Trinajstić information content (AvgIpc) is 3.43. The molecule has 1 unspecified atom stereocenters. The number of likely N-dealkylation sites (tertiary alicyclic amines) is 1. The summed E-state index contributed by atoms with van der Waals surface area (Å²) in [6.45, 7) is 2.99. The van der Waals surface area contributed by atoms with Crippen LogP contribution in [0, 0.1) is 5.82 Å². The zero-order valence-electron chi connectivity index (χ0n) is 18.0. The highest BCUT2D eigenvalue weighted by Gasteiger charge is 2.33. The lowest BCUT2D eigenvalue weighted by atomic mass is 9.96. The molecule has 172 valence electrons. The molecular formula is C24H25FN4O3S.